The summed E-state index contributed by atoms with van der Waals surface area (Å²) < 4.78 is 17.0. The van der Waals surface area contributed by atoms with Gasteiger partial charge < -0.3 is 24.8 Å². The minimum absolute atomic E-state index is 0.570. The van der Waals surface area contributed by atoms with Crippen LogP contribution in [-0.2, 0) is 9.47 Å². The fraction of sp³-hybridized carbons (Fsp3) is 0.588. The molecule has 1 aromatic carbocycles. The minimum atomic E-state index is 0.570. The van der Waals surface area contributed by atoms with E-state index in [2.05, 4.69) is 31.6 Å². The fourth-order valence-electron chi connectivity index (χ4n) is 1.84. The van der Waals surface area contributed by atoms with Crippen LogP contribution >= 0.6 is 15.9 Å². The van der Waals surface area contributed by atoms with Crippen LogP contribution in [0.2, 0.25) is 0 Å². The standard InChI is InChI=1S/C17H28BrN3O3/c1-3-19-17(20-8-5-10-23-13-12-22-2)21-9-11-24-16-7-4-6-15(18)14-16/h4,6-7,14H,3,5,8-13H2,1-2H3,(H2,19,20,21). The molecular weight excluding hydrogens is 374 g/mol. The van der Waals surface area contributed by atoms with E-state index in [9.17, 15) is 0 Å². The molecular formula is C17H28BrN3O3. The molecule has 0 bridgehead atoms. The molecule has 7 heteroatoms. The molecule has 0 unspecified atom stereocenters. The normalized spacial score (nSPS) is 11.4. The molecule has 0 aliphatic carbocycles. The van der Waals surface area contributed by atoms with Gasteiger partial charge in [-0.05, 0) is 31.5 Å². The topological polar surface area (TPSA) is 64.1 Å². The zero-order valence-corrected chi connectivity index (χ0v) is 16.1. The fourth-order valence-corrected chi connectivity index (χ4v) is 2.22. The number of nitrogens with zero attached hydrogens (tertiary/aromatic N) is 1. The summed E-state index contributed by atoms with van der Waals surface area (Å²) in [6, 6.07) is 7.81. The SMILES string of the molecule is CCNC(=NCCCOCCOC)NCCOc1cccc(Br)c1. The first-order valence-corrected chi connectivity index (χ1v) is 9.02. The predicted molar refractivity (Wildman–Crippen MR) is 101 cm³/mol. The highest BCUT2D eigenvalue weighted by atomic mass is 79.9. The van der Waals surface area contributed by atoms with E-state index in [1.54, 1.807) is 7.11 Å². The Labute approximate surface area is 153 Å². The lowest BCUT2D eigenvalue weighted by Gasteiger charge is -2.12. The van der Waals surface area contributed by atoms with Crippen molar-refractivity contribution in [2.24, 2.45) is 4.99 Å². The molecule has 24 heavy (non-hydrogen) atoms. The average molecular weight is 402 g/mol. The average Bonchev–Trinajstić information content (AvgIpc) is 2.58. The van der Waals surface area contributed by atoms with Gasteiger partial charge in [0.15, 0.2) is 5.96 Å². The number of rotatable bonds is 12. The Morgan fingerprint density at radius 3 is 2.79 bits per heavy atom. The van der Waals surface area contributed by atoms with Crippen LogP contribution in [0, 0.1) is 0 Å². The molecule has 0 saturated heterocycles. The summed E-state index contributed by atoms with van der Waals surface area (Å²) in [5.41, 5.74) is 0. The Morgan fingerprint density at radius 2 is 2.04 bits per heavy atom. The van der Waals surface area contributed by atoms with Gasteiger partial charge >= 0.3 is 0 Å². The van der Waals surface area contributed by atoms with Gasteiger partial charge in [-0.25, -0.2) is 0 Å². The van der Waals surface area contributed by atoms with Crippen molar-refractivity contribution in [2.45, 2.75) is 13.3 Å². The number of hydrogen-bond donors (Lipinski definition) is 2. The van der Waals surface area contributed by atoms with Gasteiger partial charge in [-0.3, -0.25) is 4.99 Å². The zero-order valence-electron chi connectivity index (χ0n) is 14.5. The number of aliphatic imine (C=N–C) groups is 1. The molecule has 0 aliphatic heterocycles. The molecule has 0 amide bonds. The van der Waals surface area contributed by atoms with Crippen LogP contribution in [0.3, 0.4) is 0 Å². The van der Waals surface area contributed by atoms with Gasteiger partial charge in [0.1, 0.15) is 12.4 Å². The summed E-state index contributed by atoms with van der Waals surface area (Å²) in [5, 5.41) is 6.47. The second-order valence-corrected chi connectivity index (χ2v) is 5.87. The van der Waals surface area contributed by atoms with Crippen molar-refractivity contribution in [3.8, 4) is 5.75 Å². The van der Waals surface area contributed by atoms with Crippen molar-refractivity contribution in [1.29, 1.82) is 0 Å². The summed E-state index contributed by atoms with van der Waals surface area (Å²) >= 11 is 3.43. The van der Waals surface area contributed by atoms with Gasteiger partial charge in [0.05, 0.1) is 19.8 Å². The third-order valence-corrected chi connectivity index (χ3v) is 3.45. The van der Waals surface area contributed by atoms with Crippen molar-refractivity contribution < 1.29 is 14.2 Å². The Morgan fingerprint density at radius 1 is 1.17 bits per heavy atom. The highest BCUT2D eigenvalue weighted by Crippen LogP contribution is 2.17. The van der Waals surface area contributed by atoms with E-state index in [0.717, 1.165) is 35.7 Å². The Kier molecular flexibility index (Phi) is 12.2. The molecule has 0 atom stereocenters. The van der Waals surface area contributed by atoms with Crippen molar-refractivity contribution in [2.75, 3.05) is 53.2 Å². The number of methoxy groups -OCH3 is 1. The van der Waals surface area contributed by atoms with E-state index in [1.807, 2.05) is 31.2 Å². The second-order valence-electron chi connectivity index (χ2n) is 4.95. The number of guanidine groups is 1. The number of ether oxygens (including phenoxy) is 3. The van der Waals surface area contributed by atoms with Gasteiger partial charge in [0, 0.05) is 31.3 Å². The van der Waals surface area contributed by atoms with Gasteiger partial charge in [-0.2, -0.15) is 0 Å². The summed E-state index contributed by atoms with van der Waals surface area (Å²) in [4.78, 5) is 4.51. The molecule has 0 heterocycles. The molecule has 6 nitrogen and oxygen atoms in total. The summed E-state index contributed by atoms with van der Waals surface area (Å²) in [6.45, 7) is 6.79. The number of hydrogen-bond acceptors (Lipinski definition) is 4. The van der Waals surface area contributed by atoms with Crippen LogP contribution in [-0.4, -0.2) is 59.1 Å². The maximum atomic E-state index is 5.69. The molecule has 0 aliphatic rings. The first-order valence-electron chi connectivity index (χ1n) is 8.23. The third-order valence-electron chi connectivity index (χ3n) is 2.95. The molecule has 0 saturated carbocycles. The molecule has 1 rings (SSSR count). The van der Waals surface area contributed by atoms with Crippen LogP contribution in [0.5, 0.6) is 5.75 Å². The van der Waals surface area contributed by atoms with Crippen molar-refractivity contribution in [3.63, 3.8) is 0 Å². The Hall–Kier alpha value is -1.31. The van der Waals surface area contributed by atoms with E-state index in [-0.39, 0.29) is 0 Å². The minimum Gasteiger partial charge on any atom is -0.492 e. The van der Waals surface area contributed by atoms with Crippen LogP contribution in [0.25, 0.3) is 0 Å². The Balaban J connectivity index is 2.18. The molecule has 0 aromatic heterocycles. The van der Waals surface area contributed by atoms with Crippen molar-refractivity contribution in [3.05, 3.63) is 28.7 Å². The maximum absolute atomic E-state index is 5.69. The van der Waals surface area contributed by atoms with E-state index in [1.165, 1.54) is 0 Å². The van der Waals surface area contributed by atoms with E-state index < -0.39 is 0 Å². The van der Waals surface area contributed by atoms with E-state index >= 15 is 0 Å². The van der Waals surface area contributed by atoms with Gasteiger partial charge in [-0.15, -0.1) is 0 Å². The third kappa shape index (κ3) is 10.5. The molecule has 1 aromatic rings. The summed E-state index contributed by atoms with van der Waals surface area (Å²) in [5.74, 6) is 1.65. The molecule has 0 fully saturated rings. The lowest BCUT2D eigenvalue weighted by molar-refractivity contribution is 0.0702. The number of halogens is 1. The largest absolute Gasteiger partial charge is 0.492 e. The Bertz CT molecular complexity index is 472. The summed E-state index contributed by atoms with van der Waals surface area (Å²) in [6.07, 6.45) is 0.884. The van der Waals surface area contributed by atoms with E-state index in [0.29, 0.717) is 33.0 Å². The van der Waals surface area contributed by atoms with Crippen LogP contribution in [0.4, 0.5) is 0 Å². The highest BCUT2D eigenvalue weighted by molar-refractivity contribution is 9.10. The van der Waals surface area contributed by atoms with Gasteiger partial charge in [-0.1, -0.05) is 22.0 Å². The monoisotopic (exact) mass is 401 g/mol. The smallest absolute Gasteiger partial charge is 0.191 e. The second kappa shape index (κ2) is 14.1. The molecule has 0 radical (unpaired) electrons. The van der Waals surface area contributed by atoms with Crippen LogP contribution in [0.15, 0.2) is 33.7 Å². The molecule has 2 N–H and O–H groups in total. The van der Waals surface area contributed by atoms with Gasteiger partial charge in [0.25, 0.3) is 0 Å². The lowest BCUT2D eigenvalue weighted by Crippen LogP contribution is -2.39. The van der Waals surface area contributed by atoms with E-state index in [4.69, 9.17) is 14.2 Å². The van der Waals surface area contributed by atoms with Crippen molar-refractivity contribution in [1.82, 2.24) is 10.6 Å². The maximum Gasteiger partial charge on any atom is 0.191 e. The van der Waals surface area contributed by atoms with Crippen LogP contribution in [0.1, 0.15) is 13.3 Å². The quantitative estimate of drug-likeness (QED) is 0.320. The van der Waals surface area contributed by atoms with Gasteiger partial charge in [0.2, 0.25) is 0 Å². The lowest BCUT2D eigenvalue weighted by atomic mass is 10.3. The molecule has 136 valence electrons. The summed E-state index contributed by atoms with van der Waals surface area (Å²) in [7, 11) is 1.67. The molecule has 0 spiro atoms. The highest BCUT2D eigenvalue weighted by Gasteiger charge is 1.98. The van der Waals surface area contributed by atoms with Crippen LogP contribution < -0.4 is 15.4 Å². The number of benzene rings is 1. The predicted octanol–water partition coefficient (Wildman–Crippen LogP) is 2.44. The first kappa shape index (κ1) is 20.7. The first-order chi connectivity index (χ1) is 11.8. The van der Waals surface area contributed by atoms with Crippen molar-refractivity contribution >= 4 is 21.9 Å². The zero-order chi connectivity index (χ0) is 17.5. The number of nitrogens with one attached hydrogen (secondary N) is 2.